The van der Waals surface area contributed by atoms with Crippen molar-refractivity contribution in [3.05, 3.63) is 94.1 Å². The van der Waals surface area contributed by atoms with Crippen molar-refractivity contribution in [1.82, 2.24) is 41.0 Å². The van der Waals surface area contributed by atoms with E-state index in [9.17, 15) is 38.7 Å². The summed E-state index contributed by atoms with van der Waals surface area (Å²) in [7, 11) is 0. The van der Waals surface area contributed by atoms with E-state index in [0.717, 1.165) is 56.0 Å². The Hall–Kier alpha value is -6.60. The number of hydrogen-bond acceptors (Lipinski definition) is 15. The third-order valence-corrected chi connectivity index (χ3v) is 17.6. The monoisotopic (exact) mass is 1240 g/mol. The van der Waals surface area contributed by atoms with Crippen LogP contribution in [0.3, 0.4) is 0 Å². The van der Waals surface area contributed by atoms with Crippen molar-refractivity contribution in [3.63, 3.8) is 0 Å². The molecular formula is C64H89N9O12S2. The van der Waals surface area contributed by atoms with Crippen LogP contribution in [0.15, 0.2) is 71.6 Å². The summed E-state index contributed by atoms with van der Waals surface area (Å²) < 4.78 is 25.1. The maximum atomic E-state index is 13.7. The number of aryl methyl sites for hydroxylation is 2. The van der Waals surface area contributed by atoms with Gasteiger partial charge >= 0.3 is 0 Å². The first-order valence-electron chi connectivity index (χ1n) is 30.5. The Bertz CT molecular complexity index is 3040. The molecule has 1 saturated heterocycles. The molecule has 1 saturated carbocycles. The minimum Gasteiger partial charge on any atom is -0.390 e. The van der Waals surface area contributed by atoms with Gasteiger partial charge in [0.25, 0.3) is 5.91 Å². The van der Waals surface area contributed by atoms with E-state index in [4.69, 9.17) is 18.9 Å². The molecule has 0 spiro atoms. The van der Waals surface area contributed by atoms with Crippen molar-refractivity contribution in [1.29, 1.82) is 0 Å². The number of likely N-dealkylation sites (tertiary alicyclic amines) is 1. The fourth-order valence-electron chi connectivity index (χ4n) is 10.8. The first kappa shape index (κ1) is 67.9. The Kier molecular flexibility index (Phi) is 26.7. The molecule has 4 heterocycles. The largest absolute Gasteiger partial charge is 0.390 e. The molecule has 474 valence electrons. The fourth-order valence-corrected chi connectivity index (χ4v) is 12.4. The van der Waals surface area contributed by atoms with Gasteiger partial charge in [-0.05, 0) is 111 Å². The number of carbonyl (C=O) groups is 7. The van der Waals surface area contributed by atoms with Crippen LogP contribution in [0, 0.1) is 31.1 Å². The second-order valence-corrected chi connectivity index (χ2v) is 25.2. The Morgan fingerprint density at radius 1 is 0.747 bits per heavy atom. The Balaban J connectivity index is 0.640. The SMILES string of the molecule is CCN(C(=O)Cn1c(C(=O)N[C@H]2CC[C@H](C(=O)NCCCCCC(=O)NCCOCCOCCOCCOCCC(=O)NC(C(=O)N3C[C@@H](O)[C@H](C(=O)NCc4ccc(-c5scnc5C)cc4)C3)C(C)(C)C)CC2)cc2sccc21)c1cccc(C)c1. The Labute approximate surface area is 519 Å². The molecule has 3 aromatic heterocycles. The number of thiophene rings is 1. The van der Waals surface area contributed by atoms with Crippen molar-refractivity contribution >= 4 is 79.9 Å². The van der Waals surface area contributed by atoms with Gasteiger partial charge in [0.2, 0.25) is 35.4 Å². The van der Waals surface area contributed by atoms with E-state index in [0.29, 0.717) is 103 Å². The average molecular weight is 1240 g/mol. The Morgan fingerprint density at radius 3 is 2.11 bits per heavy atom. The molecule has 6 N–H and O–H groups in total. The number of carbonyl (C=O) groups excluding carboxylic acids is 7. The molecular weight excluding hydrogens is 1150 g/mol. The number of fused-ring (bicyclic) bond motifs is 1. The van der Waals surface area contributed by atoms with E-state index in [2.05, 4.69) is 31.6 Å². The second kappa shape index (κ2) is 34.2. The topological polar surface area (TPSA) is 261 Å². The quantitative estimate of drug-likeness (QED) is 0.0235. The van der Waals surface area contributed by atoms with Gasteiger partial charge in [0.05, 0.1) is 91.2 Å². The summed E-state index contributed by atoms with van der Waals surface area (Å²) in [6.45, 7) is 15.7. The maximum absolute atomic E-state index is 13.7. The smallest absolute Gasteiger partial charge is 0.268 e. The molecule has 2 fully saturated rings. The number of nitrogens with zero attached hydrogens (tertiary/aromatic N) is 4. The van der Waals surface area contributed by atoms with Crippen LogP contribution in [-0.4, -0.2) is 165 Å². The van der Waals surface area contributed by atoms with Gasteiger partial charge < -0.3 is 65.0 Å². The van der Waals surface area contributed by atoms with E-state index < -0.39 is 23.5 Å². The lowest BCUT2D eigenvalue weighted by atomic mass is 9.85. The summed E-state index contributed by atoms with van der Waals surface area (Å²) in [5.41, 5.74) is 7.30. The van der Waals surface area contributed by atoms with Crippen LogP contribution in [0.1, 0.15) is 113 Å². The van der Waals surface area contributed by atoms with E-state index in [1.54, 1.807) is 16.2 Å². The minimum atomic E-state index is -1.04. The van der Waals surface area contributed by atoms with Crippen LogP contribution >= 0.6 is 22.7 Å². The van der Waals surface area contributed by atoms with Crippen molar-refractivity contribution in [2.45, 2.75) is 131 Å². The lowest BCUT2D eigenvalue weighted by Crippen LogP contribution is -2.54. The van der Waals surface area contributed by atoms with Gasteiger partial charge in [0.15, 0.2) is 0 Å². The fraction of sp³-hybridized carbons (Fsp3) is 0.562. The highest BCUT2D eigenvalue weighted by molar-refractivity contribution is 7.17. The number of β-amino-alcohol motifs (C(OH)–C–C–N with tert-alkyl or cyclic N) is 1. The highest BCUT2D eigenvalue weighted by Crippen LogP contribution is 2.31. The van der Waals surface area contributed by atoms with E-state index in [1.807, 2.05) is 118 Å². The minimum absolute atomic E-state index is 0.0151. The van der Waals surface area contributed by atoms with Gasteiger partial charge in [0, 0.05) is 69.8 Å². The van der Waals surface area contributed by atoms with Crippen LogP contribution in [0.25, 0.3) is 20.7 Å². The molecule has 2 aliphatic rings. The summed E-state index contributed by atoms with van der Waals surface area (Å²) in [5, 5.41) is 27.7. The highest BCUT2D eigenvalue weighted by atomic mass is 32.1. The lowest BCUT2D eigenvalue weighted by Gasteiger charge is -2.33. The molecule has 23 heteroatoms. The number of benzene rings is 2. The molecule has 5 aromatic rings. The molecule has 87 heavy (non-hydrogen) atoms. The van der Waals surface area contributed by atoms with Crippen LogP contribution in [0.4, 0.5) is 5.69 Å². The van der Waals surface area contributed by atoms with Gasteiger partial charge in [-0.25, -0.2) is 4.98 Å². The number of hydrogen-bond donors (Lipinski definition) is 6. The molecule has 0 radical (unpaired) electrons. The normalized spacial score (nSPS) is 17.2. The van der Waals surface area contributed by atoms with Gasteiger partial charge in [-0.2, -0.15) is 0 Å². The number of ether oxygens (including phenoxy) is 4. The molecule has 1 aliphatic heterocycles. The number of unbranched alkanes of at least 4 members (excludes halogenated alkanes) is 2. The summed E-state index contributed by atoms with van der Waals surface area (Å²) in [6, 6.07) is 18.6. The first-order chi connectivity index (χ1) is 41.9. The molecule has 21 nitrogen and oxygen atoms in total. The summed E-state index contributed by atoms with van der Waals surface area (Å²) >= 11 is 3.11. The third-order valence-electron chi connectivity index (χ3n) is 15.7. The first-order valence-corrected chi connectivity index (χ1v) is 32.3. The number of aliphatic hydroxyl groups is 1. The van der Waals surface area contributed by atoms with Crippen molar-refractivity contribution in [2.75, 3.05) is 90.5 Å². The number of likely N-dealkylation sites (N-methyl/N-ethyl adjacent to an activating group) is 1. The molecule has 3 atom stereocenters. The standard InChI is InChI=1S/C64H89N9O12S2/c1-7-72(49-13-11-12-43(2)36-49)57(77)41-73-51-24-35-86-54(51)37-52(73)62(80)69-48-21-19-47(20-22-48)60(78)66-25-10-8-9-14-55(75)65-26-28-83-30-32-85-34-33-84-31-29-82-27-23-56(76)70-59(64(4,5)6)63(81)71-39-50(53(74)40-71)61(79)67-38-45-15-17-46(18-16-45)58-44(3)68-42-87-58/h11-13,15-18,24,35-37,42,47-48,50,53,59,74H,7-10,14,19-23,25-34,38-41H2,1-6H3,(H,65,75)(H,66,78)(H,67,79)(H,69,80)(H,70,76)/t47-,48-,50-,53-,59?/m1/s1. The lowest BCUT2D eigenvalue weighted by molar-refractivity contribution is -0.139. The number of aromatic nitrogens is 2. The van der Waals surface area contributed by atoms with Crippen LogP contribution in [-0.2, 0) is 60.8 Å². The predicted molar refractivity (Wildman–Crippen MR) is 336 cm³/mol. The second-order valence-electron chi connectivity index (χ2n) is 23.4. The number of anilines is 1. The van der Waals surface area contributed by atoms with Gasteiger partial charge in [-0.1, -0.05) is 63.6 Å². The highest BCUT2D eigenvalue weighted by Gasteiger charge is 2.43. The van der Waals surface area contributed by atoms with Crippen molar-refractivity contribution in [3.8, 4) is 10.4 Å². The zero-order chi connectivity index (χ0) is 62.3. The van der Waals surface area contributed by atoms with Crippen LogP contribution < -0.4 is 31.5 Å². The number of nitrogens with one attached hydrogen (secondary N) is 5. The van der Waals surface area contributed by atoms with Crippen molar-refractivity contribution < 1.29 is 57.6 Å². The summed E-state index contributed by atoms with van der Waals surface area (Å²) in [4.78, 5) is 101. The number of amides is 7. The average Bonchev–Trinajstić information content (AvgIpc) is 2.19. The van der Waals surface area contributed by atoms with Crippen LogP contribution in [0.5, 0.6) is 0 Å². The molecule has 1 aliphatic carbocycles. The number of aliphatic hydroxyl groups excluding tert-OH is 1. The molecule has 7 amide bonds. The molecule has 7 rings (SSSR count). The maximum Gasteiger partial charge on any atom is 0.268 e. The van der Waals surface area contributed by atoms with Gasteiger partial charge in [0.1, 0.15) is 18.3 Å². The van der Waals surface area contributed by atoms with Crippen molar-refractivity contribution in [2.24, 2.45) is 17.3 Å². The summed E-state index contributed by atoms with van der Waals surface area (Å²) in [6.07, 6.45) is 4.39. The third kappa shape index (κ3) is 20.8. The van der Waals surface area contributed by atoms with E-state index in [1.165, 1.54) is 16.2 Å². The zero-order valence-corrected chi connectivity index (χ0v) is 53.0. The number of thiazole rings is 1. The van der Waals surface area contributed by atoms with E-state index >= 15 is 0 Å². The van der Waals surface area contributed by atoms with Gasteiger partial charge in [-0.15, -0.1) is 22.7 Å². The van der Waals surface area contributed by atoms with E-state index in [-0.39, 0.29) is 99.1 Å². The predicted octanol–water partition coefficient (Wildman–Crippen LogP) is 6.70. The Morgan fingerprint density at radius 2 is 1.45 bits per heavy atom. The van der Waals surface area contributed by atoms with Gasteiger partial charge in [-0.3, -0.25) is 33.6 Å². The van der Waals surface area contributed by atoms with Crippen LogP contribution in [0.2, 0.25) is 0 Å². The molecule has 2 aromatic carbocycles. The summed E-state index contributed by atoms with van der Waals surface area (Å²) in [5.74, 6) is -2.31. The molecule has 0 bridgehead atoms. The molecule has 1 unspecified atom stereocenters. The zero-order valence-electron chi connectivity index (χ0n) is 51.3. The number of rotatable bonds is 34.